The quantitative estimate of drug-likeness (QED) is 0.822. The highest BCUT2D eigenvalue weighted by atomic mass is 79.9. The van der Waals surface area contributed by atoms with Gasteiger partial charge in [-0.15, -0.1) is 0 Å². The Balaban J connectivity index is 1.99. The molecule has 21 heavy (non-hydrogen) atoms. The number of nitrogens with zero attached hydrogens (tertiary/aromatic N) is 1. The molecule has 0 atom stereocenters. The second-order valence-electron chi connectivity index (χ2n) is 4.11. The molecule has 0 radical (unpaired) electrons. The van der Waals surface area contributed by atoms with Crippen LogP contribution in [0.25, 0.3) is 0 Å². The third-order valence-corrected chi connectivity index (χ3v) is 3.05. The molecule has 0 aliphatic rings. The monoisotopic (exact) mass is 343 g/mol. The average Bonchev–Trinajstić information content (AvgIpc) is 2.48. The van der Waals surface area contributed by atoms with Crippen molar-refractivity contribution in [3.63, 3.8) is 0 Å². The SMILES string of the molecule is N#Cc1ccc(NC(=O)C(=O)Nc2cccc(Br)c2)cc1. The maximum absolute atomic E-state index is 11.8. The zero-order chi connectivity index (χ0) is 15.2. The van der Waals surface area contributed by atoms with Crippen molar-refractivity contribution in [2.24, 2.45) is 0 Å². The third kappa shape index (κ3) is 4.16. The van der Waals surface area contributed by atoms with Crippen molar-refractivity contribution in [3.8, 4) is 6.07 Å². The predicted molar refractivity (Wildman–Crippen MR) is 82.6 cm³/mol. The van der Waals surface area contributed by atoms with Crippen LogP contribution in [-0.2, 0) is 9.59 Å². The fourth-order valence-electron chi connectivity index (χ4n) is 1.57. The molecule has 2 amide bonds. The average molecular weight is 344 g/mol. The van der Waals surface area contributed by atoms with Gasteiger partial charge in [-0.05, 0) is 42.5 Å². The number of carbonyl (C=O) groups excluding carboxylic acids is 2. The zero-order valence-electron chi connectivity index (χ0n) is 10.8. The Morgan fingerprint density at radius 1 is 0.952 bits per heavy atom. The number of anilines is 2. The minimum Gasteiger partial charge on any atom is -0.318 e. The molecule has 0 spiro atoms. The first-order chi connectivity index (χ1) is 10.1. The van der Waals surface area contributed by atoms with E-state index < -0.39 is 11.8 Å². The summed E-state index contributed by atoms with van der Waals surface area (Å²) in [7, 11) is 0. The summed E-state index contributed by atoms with van der Waals surface area (Å²) < 4.78 is 0.799. The first-order valence-electron chi connectivity index (χ1n) is 5.96. The number of nitriles is 1. The zero-order valence-corrected chi connectivity index (χ0v) is 12.3. The van der Waals surface area contributed by atoms with Crippen LogP contribution in [0.1, 0.15) is 5.56 Å². The van der Waals surface area contributed by atoms with E-state index in [1.165, 1.54) is 0 Å². The summed E-state index contributed by atoms with van der Waals surface area (Å²) >= 11 is 3.28. The van der Waals surface area contributed by atoms with E-state index in [4.69, 9.17) is 5.26 Å². The number of benzene rings is 2. The van der Waals surface area contributed by atoms with Gasteiger partial charge in [-0.25, -0.2) is 0 Å². The Hall–Kier alpha value is -2.65. The number of carbonyl (C=O) groups is 2. The Morgan fingerprint density at radius 3 is 2.14 bits per heavy atom. The van der Waals surface area contributed by atoms with Gasteiger partial charge in [0.05, 0.1) is 11.6 Å². The molecule has 5 nitrogen and oxygen atoms in total. The number of amides is 2. The molecule has 0 fully saturated rings. The Labute approximate surface area is 129 Å². The van der Waals surface area contributed by atoms with Crippen LogP contribution in [0.5, 0.6) is 0 Å². The van der Waals surface area contributed by atoms with Crippen LogP contribution in [0.3, 0.4) is 0 Å². The largest absolute Gasteiger partial charge is 0.318 e. The molecule has 0 unspecified atom stereocenters. The van der Waals surface area contributed by atoms with E-state index in [-0.39, 0.29) is 0 Å². The Kier molecular flexibility index (Phi) is 4.69. The highest BCUT2D eigenvalue weighted by Crippen LogP contribution is 2.15. The number of hydrogen-bond donors (Lipinski definition) is 2. The molecule has 0 aliphatic heterocycles. The van der Waals surface area contributed by atoms with E-state index in [0.717, 1.165) is 4.47 Å². The topological polar surface area (TPSA) is 82.0 Å². The summed E-state index contributed by atoms with van der Waals surface area (Å²) in [4.78, 5) is 23.5. The fourth-order valence-corrected chi connectivity index (χ4v) is 1.97. The highest BCUT2D eigenvalue weighted by molar-refractivity contribution is 9.10. The Morgan fingerprint density at radius 2 is 1.57 bits per heavy atom. The van der Waals surface area contributed by atoms with Gasteiger partial charge in [-0.3, -0.25) is 9.59 Å². The molecule has 0 bridgehead atoms. The smallest absolute Gasteiger partial charge is 0.314 e. The molecule has 104 valence electrons. The molecule has 2 aromatic carbocycles. The van der Waals surface area contributed by atoms with Crippen LogP contribution in [0, 0.1) is 11.3 Å². The van der Waals surface area contributed by atoms with Crippen molar-refractivity contribution in [3.05, 3.63) is 58.6 Å². The van der Waals surface area contributed by atoms with Gasteiger partial charge in [0.1, 0.15) is 0 Å². The number of halogens is 1. The molecule has 0 heterocycles. The molecule has 0 aliphatic carbocycles. The molecule has 2 N–H and O–H groups in total. The molecule has 0 saturated carbocycles. The number of nitrogens with one attached hydrogen (secondary N) is 2. The molecule has 0 saturated heterocycles. The van der Waals surface area contributed by atoms with Crippen molar-refractivity contribution in [1.82, 2.24) is 0 Å². The third-order valence-electron chi connectivity index (χ3n) is 2.56. The van der Waals surface area contributed by atoms with Crippen molar-refractivity contribution in [1.29, 1.82) is 5.26 Å². The lowest BCUT2D eigenvalue weighted by atomic mass is 10.2. The minimum absolute atomic E-state index is 0.448. The molecular formula is C15H10BrN3O2. The lowest BCUT2D eigenvalue weighted by Crippen LogP contribution is -2.29. The second kappa shape index (κ2) is 6.68. The normalized spacial score (nSPS) is 9.52. The predicted octanol–water partition coefficient (Wildman–Crippen LogP) is 2.90. The summed E-state index contributed by atoms with van der Waals surface area (Å²) in [5.74, 6) is -1.54. The lowest BCUT2D eigenvalue weighted by Gasteiger charge is -2.06. The van der Waals surface area contributed by atoms with E-state index in [0.29, 0.717) is 16.9 Å². The van der Waals surface area contributed by atoms with Gasteiger partial charge >= 0.3 is 11.8 Å². The van der Waals surface area contributed by atoms with Crippen LogP contribution in [0.2, 0.25) is 0 Å². The first-order valence-corrected chi connectivity index (χ1v) is 6.76. The van der Waals surface area contributed by atoms with Gasteiger partial charge in [-0.1, -0.05) is 22.0 Å². The van der Waals surface area contributed by atoms with Crippen molar-refractivity contribution >= 4 is 39.1 Å². The summed E-state index contributed by atoms with van der Waals surface area (Å²) in [6.45, 7) is 0. The van der Waals surface area contributed by atoms with Crippen LogP contribution in [0.15, 0.2) is 53.0 Å². The van der Waals surface area contributed by atoms with Crippen LogP contribution in [-0.4, -0.2) is 11.8 Å². The molecule has 0 aromatic heterocycles. The van der Waals surface area contributed by atoms with Gasteiger partial charge in [0, 0.05) is 15.8 Å². The van der Waals surface area contributed by atoms with Crippen LogP contribution < -0.4 is 10.6 Å². The van der Waals surface area contributed by atoms with Crippen molar-refractivity contribution in [2.45, 2.75) is 0 Å². The summed E-state index contributed by atoms with van der Waals surface area (Å²) in [5, 5.41) is 13.6. The van der Waals surface area contributed by atoms with Crippen molar-refractivity contribution < 1.29 is 9.59 Å². The molecule has 2 rings (SSSR count). The summed E-state index contributed by atoms with van der Waals surface area (Å²) in [5.41, 5.74) is 1.44. The van der Waals surface area contributed by atoms with Gasteiger partial charge in [0.2, 0.25) is 0 Å². The maximum atomic E-state index is 11.8. The van der Waals surface area contributed by atoms with E-state index in [9.17, 15) is 9.59 Å². The minimum atomic E-state index is -0.778. The van der Waals surface area contributed by atoms with E-state index in [1.54, 1.807) is 42.5 Å². The molecular weight excluding hydrogens is 334 g/mol. The molecule has 6 heteroatoms. The number of hydrogen-bond acceptors (Lipinski definition) is 3. The first kappa shape index (κ1) is 14.8. The van der Waals surface area contributed by atoms with Crippen LogP contribution in [0.4, 0.5) is 11.4 Å². The second-order valence-corrected chi connectivity index (χ2v) is 5.02. The maximum Gasteiger partial charge on any atom is 0.314 e. The standard InChI is InChI=1S/C15H10BrN3O2/c16-11-2-1-3-13(8-11)19-15(21)14(20)18-12-6-4-10(9-17)5-7-12/h1-8H,(H,18,20)(H,19,21). The summed E-state index contributed by atoms with van der Waals surface area (Å²) in [6, 6.07) is 15.1. The highest BCUT2D eigenvalue weighted by Gasteiger charge is 2.14. The van der Waals surface area contributed by atoms with Gasteiger partial charge in [-0.2, -0.15) is 5.26 Å². The van der Waals surface area contributed by atoms with E-state index in [1.807, 2.05) is 12.1 Å². The lowest BCUT2D eigenvalue weighted by molar-refractivity contribution is -0.132. The van der Waals surface area contributed by atoms with E-state index in [2.05, 4.69) is 26.6 Å². The van der Waals surface area contributed by atoms with Crippen molar-refractivity contribution in [2.75, 3.05) is 10.6 Å². The molecule has 2 aromatic rings. The van der Waals surface area contributed by atoms with Gasteiger partial charge in [0.15, 0.2) is 0 Å². The van der Waals surface area contributed by atoms with Gasteiger partial charge in [0.25, 0.3) is 0 Å². The Bertz CT molecular complexity index is 720. The van der Waals surface area contributed by atoms with E-state index >= 15 is 0 Å². The summed E-state index contributed by atoms with van der Waals surface area (Å²) in [6.07, 6.45) is 0. The van der Waals surface area contributed by atoms with Gasteiger partial charge < -0.3 is 10.6 Å². The fraction of sp³-hybridized carbons (Fsp3) is 0. The number of rotatable bonds is 2. The van der Waals surface area contributed by atoms with Crippen LogP contribution >= 0.6 is 15.9 Å².